The molecule has 0 saturated carbocycles. The Labute approximate surface area is 154 Å². The highest BCUT2D eigenvalue weighted by molar-refractivity contribution is 4.79. The predicted molar refractivity (Wildman–Crippen MR) is 94.5 cm³/mol. The molecule has 1 rings (SSSR count). The monoisotopic (exact) mass is 395 g/mol. The van der Waals surface area contributed by atoms with E-state index in [1.54, 1.807) is 0 Å². The standard InChI is InChI=1S/C9H15N3O6.C6H14O3/c13-4-1-10-7(16)11(2-5-14)9(18)12(3-6-15)8(10)17;1-2-6(3-7,4-8)5-9/h13-15H,1-6H2;7-9H,2-5H2,1H3. The average molecular weight is 395 g/mol. The maximum atomic E-state index is 11.8. The van der Waals surface area contributed by atoms with Gasteiger partial charge < -0.3 is 30.6 Å². The van der Waals surface area contributed by atoms with E-state index in [1.807, 2.05) is 6.92 Å². The quantitative estimate of drug-likeness (QED) is 0.227. The van der Waals surface area contributed by atoms with Crippen molar-refractivity contribution in [1.29, 1.82) is 0 Å². The molecule has 0 radical (unpaired) electrons. The van der Waals surface area contributed by atoms with Gasteiger partial charge in [-0.3, -0.25) is 0 Å². The summed E-state index contributed by atoms with van der Waals surface area (Å²) in [5.74, 6) is 0. The zero-order valence-corrected chi connectivity index (χ0v) is 15.3. The van der Waals surface area contributed by atoms with Gasteiger partial charge in [0.2, 0.25) is 0 Å². The molecule has 0 unspecified atom stereocenters. The lowest BCUT2D eigenvalue weighted by Crippen LogP contribution is -2.55. The van der Waals surface area contributed by atoms with Crippen LogP contribution in [0.1, 0.15) is 13.3 Å². The van der Waals surface area contributed by atoms with E-state index in [0.29, 0.717) is 20.1 Å². The summed E-state index contributed by atoms with van der Waals surface area (Å²) in [6.45, 7) is -0.729. The molecule has 12 nitrogen and oxygen atoms in total. The summed E-state index contributed by atoms with van der Waals surface area (Å²) in [4.78, 5) is 35.3. The third-order valence-electron chi connectivity index (χ3n) is 4.11. The molecule has 1 aromatic heterocycles. The molecule has 158 valence electrons. The van der Waals surface area contributed by atoms with Crippen LogP contribution in [0.5, 0.6) is 0 Å². The second kappa shape index (κ2) is 12.5. The predicted octanol–water partition coefficient (Wildman–Crippen LogP) is -4.49. The average Bonchev–Trinajstić information content (AvgIpc) is 2.68. The van der Waals surface area contributed by atoms with Crippen LogP contribution < -0.4 is 17.1 Å². The van der Waals surface area contributed by atoms with Crippen molar-refractivity contribution in [1.82, 2.24) is 13.7 Å². The minimum Gasteiger partial charge on any atom is -0.396 e. The Morgan fingerprint density at radius 2 is 0.889 bits per heavy atom. The number of hydrogen-bond donors (Lipinski definition) is 6. The van der Waals surface area contributed by atoms with Crippen molar-refractivity contribution < 1.29 is 30.6 Å². The van der Waals surface area contributed by atoms with Gasteiger partial charge in [-0.15, -0.1) is 0 Å². The fourth-order valence-electron chi connectivity index (χ4n) is 2.04. The lowest BCUT2D eigenvalue weighted by molar-refractivity contribution is 0.00304. The van der Waals surface area contributed by atoms with Crippen LogP contribution in [0.4, 0.5) is 0 Å². The Bertz CT molecular complexity index is 590. The summed E-state index contributed by atoms with van der Waals surface area (Å²) < 4.78 is 2.06. The summed E-state index contributed by atoms with van der Waals surface area (Å²) in [5, 5.41) is 52.3. The highest BCUT2D eigenvalue weighted by Crippen LogP contribution is 2.18. The van der Waals surface area contributed by atoms with Gasteiger partial charge in [-0.2, -0.15) is 0 Å². The SMILES string of the molecule is CCC(CO)(CO)CO.O=c1n(CCO)c(=O)n(CCO)c(=O)n1CCO. The van der Waals surface area contributed by atoms with E-state index in [9.17, 15) is 14.4 Å². The summed E-state index contributed by atoms with van der Waals surface area (Å²) >= 11 is 0. The van der Waals surface area contributed by atoms with Gasteiger partial charge in [-0.05, 0) is 6.42 Å². The Morgan fingerprint density at radius 3 is 1.00 bits per heavy atom. The van der Waals surface area contributed by atoms with Crippen LogP contribution >= 0.6 is 0 Å². The first kappa shape index (κ1) is 25.2. The number of nitrogens with zero attached hydrogens (tertiary/aromatic N) is 3. The van der Waals surface area contributed by atoms with Gasteiger partial charge in [0, 0.05) is 5.41 Å². The molecule has 0 spiro atoms. The number of rotatable bonds is 10. The first-order chi connectivity index (χ1) is 12.8. The van der Waals surface area contributed by atoms with E-state index in [4.69, 9.17) is 30.6 Å². The molecule has 0 aromatic carbocycles. The normalized spacial score (nSPS) is 11.2. The van der Waals surface area contributed by atoms with Gasteiger partial charge in [0.15, 0.2) is 0 Å². The largest absolute Gasteiger partial charge is 0.396 e. The number of hydrogen-bond acceptors (Lipinski definition) is 9. The first-order valence-electron chi connectivity index (χ1n) is 8.42. The number of aliphatic hydroxyl groups excluding tert-OH is 6. The van der Waals surface area contributed by atoms with Gasteiger partial charge >= 0.3 is 17.1 Å². The van der Waals surface area contributed by atoms with Crippen LogP contribution in [0.15, 0.2) is 14.4 Å². The molecular weight excluding hydrogens is 366 g/mol. The highest BCUT2D eigenvalue weighted by Gasteiger charge is 2.24. The second-order valence-electron chi connectivity index (χ2n) is 5.80. The minimum atomic E-state index is -0.887. The number of aliphatic hydroxyl groups is 6. The summed E-state index contributed by atoms with van der Waals surface area (Å²) in [6.07, 6.45) is 0.594. The molecule has 12 heteroatoms. The van der Waals surface area contributed by atoms with Crippen LogP contribution in [-0.2, 0) is 19.6 Å². The summed E-state index contributed by atoms with van der Waals surface area (Å²) in [7, 11) is 0. The summed E-state index contributed by atoms with van der Waals surface area (Å²) in [5.41, 5.74) is -3.33. The Morgan fingerprint density at radius 1 is 0.630 bits per heavy atom. The van der Waals surface area contributed by atoms with Crippen LogP contribution in [0.3, 0.4) is 0 Å². The zero-order chi connectivity index (χ0) is 21.0. The maximum absolute atomic E-state index is 11.8. The zero-order valence-electron chi connectivity index (χ0n) is 15.3. The molecule has 1 aromatic rings. The van der Waals surface area contributed by atoms with Crippen LogP contribution in [0.2, 0.25) is 0 Å². The fourth-order valence-corrected chi connectivity index (χ4v) is 2.04. The molecule has 0 aliphatic carbocycles. The first-order valence-corrected chi connectivity index (χ1v) is 8.42. The lowest BCUT2D eigenvalue weighted by Gasteiger charge is -2.24. The van der Waals surface area contributed by atoms with Crippen molar-refractivity contribution in [3.8, 4) is 0 Å². The maximum Gasteiger partial charge on any atom is 0.336 e. The molecule has 0 aliphatic heterocycles. The molecule has 6 N–H and O–H groups in total. The molecule has 0 bridgehead atoms. The van der Waals surface area contributed by atoms with Gasteiger partial charge in [-0.25, -0.2) is 28.1 Å². The van der Waals surface area contributed by atoms with Gasteiger partial charge in [0.1, 0.15) is 0 Å². The number of aromatic nitrogens is 3. The molecule has 0 fully saturated rings. The van der Waals surface area contributed by atoms with Crippen LogP contribution in [-0.4, -0.2) is 84.0 Å². The molecule has 27 heavy (non-hydrogen) atoms. The van der Waals surface area contributed by atoms with E-state index in [-0.39, 0.29) is 39.5 Å². The highest BCUT2D eigenvalue weighted by atomic mass is 16.3. The molecule has 0 amide bonds. The molecule has 1 heterocycles. The smallest absolute Gasteiger partial charge is 0.336 e. The molecule has 0 aliphatic rings. The van der Waals surface area contributed by atoms with E-state index in [2.05, 4.69) is 0 Å². The third kappa shape index (κ3) is 6.37. The second-order valence-corrected chi connectivity index (χ2v) is 5.80. The van der Waals surface area contributed by atoms with Crippen molar-refractivity contribution >= 4 is 0 Å². The van der Waals surface area contributed by atoms with E-state index < -0.39 is 42.3 Å². The Hall–Kier alpha value is -1.83. The van der Waals surface area contributed by atoms with Crippen LogP contribution in [0.25, 0.3) is 0 Å². The van der Waals surface area contributed by atoms with Gasteiger partial charge in [0.25, 0.3) is 0 Å². The van der Waals surface area contributed by atoms with E-state index >= 15 is 0 Å². The van der Waals surface area contributed by atoms with Gasteiger partial charge in [-0.1, -0.05) is 6.92 Å². The van der Waals surface area contributed by atoms with Crippen LogP contribution in [0, 0.1) is 5.41 Å². The van der Waals surface area contributed by atoms with E-state index in [1.165, 1.54) is 0 Å². The molecule has 0 saturated heterocycles. The topological polar surface area (TPSA) is 187 Å². The fraction of sp³-hybridized carbons (Fsp3) is 0.800. The van der Waals surface area contributed by atoms with E-state index in [0.717, 1.165) is 0 Å². The lowest BCUT2D eigenvalue weighted by atomic mass is 9.88. The van der Waals surface area contributed by atoms with Crippen molar-refractivity contribution in [2.75, 3.05) is 39.6 Å². The Kier molecular flexibility index (Phi) is 11.7. The summed E-state index contributed by atoms with van der Waals surface area (Å²) in [6, 6.07) is 0. The Balaban J connectivity index is 0.000000636. The van der Waals surface area contributed by atoms with Crippen molar-refractivity contribution in [3.63, 3.8) is 0 Å². The van der Waals surface area contributed by atoms with Crippen molar-refractivity contribution in [3.05, 3.63) is 31.5 Å². The molecular formula is C15H29N3O9. The third-order valence-corrected chi connectivity index (χ3v) is 4.11. The molecule has 0 atom stereocenters. The minimum absolute atomic E-state index is 0.156. The van der Waals surface area contributed by atoms with Gasteiger partial charge in [0.05, 0.1) is 59.3 Å². The van der Waals surface area contributed by atoms with Crippen molar-refractivity contribution in [2.45, 2.75) is 33.0 Å². The van der Waals surface area contributed by atoms with Crippen molar-refractivity contribution in [2.24, 2.45) is 5.41 Å².